The fraction of sp³-hybridized carbons (Fsp3) is 0.0625. The number of fused-ring (bicyclic) bond motifs is 1. The van der Waals surface area contributed by atoms with Crippen molar-refractivity contribution >= 4 is 32.4 Å². The van der Waals surface area contributed by atoms with Crippen LogP contribution >= 0.6 is 11.6 Å². The van der Waals surface area contributed by atoms with Gasteiger partial charge >= 0.3 is 5.63 Å². The average Bonchev–Trinajstić information content (AvgIpc) is 2.46. The van der Waals surface area contributed by atoms with E-state index in [1.807, 2.05) is 0 Å². The second kappa shape index (κ2) is 5.40. The average molecular weight is 351 g/mol. The first kappa shape index (κ1) is 15.6. The molecule has 118 valence electrons. The maximum atomic E-state index is 12.8. The van der Waals surface area contributed by atoms with E-state index in [1.165, 1.54) is 42.5 Å². The Labute approximate surface area is 136 Å². The molecule has 3 aromatic rings. The van der Waals surface area contributed by atoms with Crippen LogP contribution in [0.15, 0.2) is 61.5 Å². The summed E-state index contributed by atoms with van der Waals surface area (Å²) < 4.78 is 30.7. The van der Waals surface area contributed by atoms with Crippen LogP contribution in [0.25, 0.3) is 11.0 Å². The lowest BCUT2D eigenvalue weighted by Crippen LogP contribution is -2.06. The molecular formula is C16H11ClO5S. The van der Waals surface area contributed by atoms with Crippen molar-refractivity contribution in [3.63, 3.8) is 0 Å². The van der Waals surface area contributed by atoms with Gasteiger partial charge in [-0.1, -0.05) is 11.6 Å². The number of aromatic hydroxyl groups is 1. The van der Waals surface area contributed by atoms with Crippen LogP contribution in [0.2, 0.25) is 5.02 Å². The molecular weight excluding hydrogens is 340 g/mol. The monoisotopic (exact) mass is 350 g/mol. The summed E-state index contributed by atoms with van der Waals surface area (Å²) >= 11 is 5.77. The molecule has 0 saturated carbocycles. The highest BCUT2D eigenvalue weighted by Gasteiger charge is 2.26. The highest BCUT2D eigenvalue weighted by molar-refractivity contribution is 7.91. The molecule has 0 aliphatic carbocycles. The molecule has 0 atom stereocenters. The Balaban J connectivity index is 2.41. The highest BCUT2D eigenvalue weighted by Crippen LogP contribution is 2.35. The predicted octanol–water partition coefficient (Wildman–Crippen LogP) is 3.29. The molecule has 0 fully saturated rings. The van der Waals surface area contributed by atoms with Gasteiger partial charge in [0, 0.05) is 16.5 Å². The molecule has 23 heavy (non-hydrogen) atoms. The molecule has 0 unspecified atom stereocenters. The van der Waals surface area contributed by atoms with Crippen molar-refractivity contribution in [1.29, 1.82) is 0 Å². The summed E-state index contributed by atoms with van der Waals surface area (Å²) in [7, 11) is -4.09. The lowest BCUT2D eigenvalue weighted by molar-refractivity contribution is 0.454. The SMILES string of the molecule is Cc1cc(=O)oc2c(S(=O)(=O)c3ccc(Cl)cc3)c(O)ccc12. The summed E-state index contributed by atoms with van der Waals surface area (Å²) in [5.41, 5.74) is -0.290. The lowest BCUT2D eigenvalue weighted by atomic mass is 10.1. The highest BCUT2D eigenvalue weighted by atomic mass is 35.5. The van der Waals surface area contributed by atoms with Crippen LogP contribution in [0.1, 0.15) is 5.56 Å². The van der Waals surface area contributed by atoms with Crippen LogP contribution in [0.3, 0.4) is 0 Å². The van der Waals surface area contributed by atoms with E-state index in [1.54, 1.807) is 6.92 Å². The van der Waals surface area contributed by atoms with E-state index in [9.17, 15) is 18.3 Å². The zero-order valence-electron chi connectivity index (χ0n) is 11.9. The Bertz CT molecular complexity index is 1070. The van der Waals surface area contributed by atoms with E-state index in [4.69, 9.17) is 16.0 Å². The minimum Gasteiger partial charge on any atom is -0.506 e. The normalized spacial score (nSPS) is 11.7. The smallest absolute Gasteiger partial charge is 0.336 e. The van der Waals surface area contributed by atoms with E-state index in [2.05, 4.69) is 0 Å². The second-order valence-electron chi connectivity index (χ2n) is 5.00. The number of phenolic OH excluding ortho intramolecular Hbond substituents is 1. The van der Waals surface area contributed by atoms with Crippen LogP contribution in [0, 0.1) is 6.92 Å². The molecule has 1 N–H and O–H groups in total. The Morgan fingerprint density at radius 1 is 1.09 bits per heavy atom. The lowest BCUT2D eigenvalue weighted by Gasteiger charge is -2.10. The molecule has 0 bridgehead atoms. The van der Waals surface area contributed by atoms with Crippen molar-refractivity contribution in [1.82, 2.24) is 0 Å². The summed E-state index contributed by atoms with van der Waals surface area (Å²) in [4.78, 5) is 11.1. The molecule has 0 aliphatic heterocycles. The molecule has 0 spiro atoms. The Morgan fingerprint density at radius 3 is 2.39 bits per heavy atom. The number of sulfone groups is 1. The van der Waals surface area contributed by atoms with Gasteiger partial charge in [-0.15, -0.1) is 0 Å². The van der Waals surface area contributed by atoms with Gasteiger partial charge in [0.1, 0.15) is 5.75 Å². The first-order chi connectivity index (χ1) is 10.8. The van der Waals surface area contributed by atoms with Crippen molar-refractivity contribution in [2.24, 2.45) is 0 Å². The third-order valence-corrected chi connectivity index (χ3v) is 5.52. The molecule has 0 amide bonds. The molecule has 7 heteroatoms. The zero-order chi connectivity index (χ0) is 16.8. The Hall–Kier alpha value is -2.31. The number of hydrogen-bond donors (Lipinski definition) is 1. The first-order valence-corrected chi connectivity index (χ1v) is 8.44. The van der Waals surface area contributed by atoms with Crippen LogP contribution in [-0.2, 0) is 9.84 Å². The van der Waals surface area contributed by atoms with E-state index in [-0.39, 0.29) is 10.5 Å². The maximum absolute atomic E-state index is 12.8. The van der Waals surface area contributed by atoms with E-state index in [0.717, 1.165) is 0 Å². The van der Waals surface area contributed by atoms with Crippen LogP contribution in [-0.4, -0.2) is 13.5 Å². The minimum atomic E-state index is -4.09. The molecule has 5 nitrogen and oxygen atoms in total. The summed E-state index contributed by atoms with van der Waals surface area (Å²) in [5.74, 6) is -0.485. The van der Waals surface area contributed by atoms with Gasteiger partial charge in [-0.05, 0) is 48.9 Å². The van der Waals surface area contributed by atoms with Crippen LogP contribution in [0.4, 0.5) is 0 Å². The summed E-state index contributed by atoms with van der Waals surface area (Å²) in [6.07, 6.45) is 0. The van der Waals surface area contributed by atoms with Crippen LogP contribution < -0.4 is 5.63 Å². The van der Waals surface area contributed by atoms with Gasteiger partial charge < -0.3 is 9.52 Å². The maximum Gasteiger partial charge on any atom is 0.336 e. The van der Waals surface area contributed by atoms with Crippen molar-refractivity contribution in [2.45, 2.75) is 16.7 Å². The van der Waals surface area contributed by atoms with Gasteiger partial charge in [0.2, 0.25) is 9.84 Å². The van der Waals surface area contributed by atoms with Gasteiger partial charge in [0.05, 0.1) is 4.90 Å². The fourth-order valence-corrected chi connectivity index (χ4v) is 3.94. The Kier molecular flexibility index (Phi) is 3.66. The second-order valence-corrected chi connectivity index (χ2v) is 7.32. The largest absolute Gasteiger partial charge is 0.506 e. The van der Waals surface area contributed by atoms with Gasteiger partial charge in [-0.2, -0.15) is 0 Å². The number of benzene rings is 2. The standard InChI is InChI=1S/C16H11ClO5S/c1-9-8-14(19)22-15-12(9)6-7-13(18)16(15)23(20,21)11-4-2-10(17)3-5-11/h2-8,18H,1H3. The zero-order valence-corrected chi connectivity index (χ0v) is 13.5. The van der Waals surface area contributed by atoms with Gasteiger partial charge in [-0.3, -0.25) is 0 Å². The third kappa shape index (κ3) is 2.60. The molecule has 1 heterocycles. The van der Waals surface area contributed by atoms with E-state index in [0.29, 0.717) is 16.0 Å². The third-order valence-electron chi connectivity index (χ3n) is 3.45. The molecule has 2 aromatic carbocycles. The topological polar surface area (TPSA) is 84.6 Å². The summed E-state index contributed by atoms with van der Waals surface area (Å²) in [6, 6.07) is 9.53. The van der Waals surface area contributed by atoms with Gasteiger partial charge in [0.15, 0.2) is 10.5 Å². The summed E-state index contributed by atoms with van der Waals surface area (Å²) in [6.45, 7) is 1.66. The number of halogens is 1. The van der Waals surface area contributed by atoms with Crippen LogP contribution in [0.5, 0.6) is 5.75 Å². The molecule has 0 saturated heterocycles. The number of hydrogen-bond acceptors (Lipinski definition) is 5. The fourth-order valence-electron chi connectivity index (χ4n) is 2.34. The van der Waals surface area contributed by atoms with E-state index >= 15 is 0 Å². The number of aryl methyl sites for hydroxylation is 1. The molecule has 0 aliphatic rings. The van der Waals surface area contributed by atoms with E-state index < -0.39 is 26.1 Å². The number of rotatable bonds is 2. The Morgan fingerprint density at radius 2 is 1.74 bits per heavy atom. The minimum absolute atomic E-state index is 0.0612. The van der Waals surface area contributed by atoms with Gasteiger partial charge in [0.25, 0.3) is 0 Å². The molecule has 3 rings (SSSR count). The van der Waals surface area contributed by atoms with Crippen molar-refractivity contribution in [3.8, 4) is 5.75 Å². The summed E-state index contributed by atoms with van der Waals surface area (Å²) in [5, 5.41) is 10.9. The van der Waals surface area contributed by atoms with Crippen molar-refractivity contribution in [2.75, 3.05) is 0 Å². The predicted molar refractivity (Wildman–Crippen MR) is 85.8 cm³/mol. The van der Waals surface area contributed by atoms with Crippen molar-refractivity contribution < 1.29 is 17.9 Å². The quantitative estimate of drug-likeness (QED) is 0.717. The van der Waals surface area contributed by atoms with Gasteiger partial charge in [-0.25, -0.2) is 13.2 Å². The molecule has 1 aromatic heterocycles. The molecule has 0 radical (unpaired) electrons. The first-order valence-electron chi connectivity index (χ1n) is 6.58. The number of phenols is 1. The van der Waals surface area contributed by atoms with Crippen molar-refractivity contribution in [3.05, 3.63) is 63.5 Å².